The summed E-state index contributed by atoms with van der Waals surface area (Å²) in [6.45, 7) is 1.61. The second kappa shape index (κ2) is 7.74. The summed E-state index contributed by atoms with van der Waals surface area (Å²) in [5.74, 6) is 0.772. The number of aromatic nitrogens is 5. The minimum Gasteiger partial charge on any atom is -0.414 e. The Balaban J connectivity index is 1.48. The van der Waals surface area contributed by atoms with Crippen molar-refractivity contribution in [2.24, 2.45) is 0 Å². The Morgan fingerprint density at radius 2 is 1.93 bits per heavy atom. The second-order valence-corrected chi connectivity index (χ2v) is 8.00. The van der Waals surface area contributed by atoms with Gasteiger partial charge in [-0.3, -0.25) is 9.97 Å². The van der Waals surface area contributed by atoms with Crippen LogP contribution in [-0.4, -0.2) is 38.2 Å². The van der Waals surface area contributed by atoms with Crippen LogP contribution in [0.15, 0.2) is 52.7 Å². The van der Waals surface area contributed by atoms with E-state index < -0.39 is 5.41 Å². The molecular weight excluding hydrogens is 398 g/mol. The van der Waals surface area contributed by atoms with Crippen molar-refractivity contribution in [3.05, 3.63) is 53.9 Å². The molecule has 0 atom stereocenters. The molecule has 0 bridgehead atoms. The fourth-order valence-corrected chi connectivity index (χ4v) is 4.21. The smallest absolute Gasteiger partial charge is 0.268 e. The van der Waals surface area contributed by atoms with Crippen molar-refractivity contribution in [1.29, 1.82) is 5.26 Å². The third-order valence-electron chi connectivity index (χ3n) is 5.23. The lowest BCUT2D eigenvalue weighted by Crippen LogP contribution is -2.39. The second-order valence-electron chi connectivity index (χ2n) is 7.05. The summed E-state index contributed by atoms with van der Waals surface area (Å²) < 4.78 is 5.78. The zero-order valence-corrected chi connectivity index (χ0v) is 16.8. The Hall–Kier alpha value is -3.48. The number of pyridine rings is 1. The monoisotopic (exact) mass is 415 g/mol. The summed E-state index contributed by atoms with van der Waals surface area (Å²) in [6, 6.07) is 10.2. The molecular formula is C21H17N7OS. The van der Waals surface area contributed by atoms with E-state index in [0.717, 1.165) is 42.1 Å². The predicted octanol–water partition coefficient (Wildman–Crippen LogP) is 3.46. The predicted molar refractivity (Wildman–Crippen MR) is 111 cm³/mol. The van der Waals surface area contributed by atoms with Gasteiger partial charge in [-0.15, -0.1) is 21.5 Å². The number of hydrogen-bond acceptors (Lipinski definition) is 9. The maximum Gasteiger partial charge on any atom is 0.268 e. The van der Waals surface area contributed by atoms with Gasteiger partial charge in [0.15, 0.2) is 0 Å². The Morgan fingerprint density at radius 3 is 2.73 bits per heavy atom. The standard InChI is InChI=1S/C21H17N7OS/c22-13-21(4-7-23-8-5-21)18-10-14(3-6-25-18)15-11-24-12-16(26-15)19-27-28-20(29-19)17-2-1-9-30-17/h1-3,6,9-12,23H,4-5,7-8H2. The molecule has 0 radical (unpaired) electrons. The number of nitriles is 1. The van der Waals surface area contributed by atoms with Crippen molar-refractivity contribution >= 4 is 11.3 Å². The van der Waals surface area contributed by atoms with Gasteiger partial charge in [-0.25, -0.2) is 4.98 Å². The van der Waals surface area contributed by atoms with Crippen LogP contribution in [0.3, 0.4) is 0 Å². The van der Waals surface area contributed by atoms with E-state index in [4.69, 9.17) is 4.42 Å². The molecule has 1 aliphatic rings. The Bertz CT molecular complexity index is 1210. The minimum atomic E-state index is -0.575. The number of hydrogen-bond donors (Lipinski definition) is 1. The van der Waals surface area contributed by atoms with Crippen LogP contribution in [0, 0.1) is 11.3 Å². The van der Waals surface area contributed by atoms with Crippen LogP contribution >= 0.6 is 11.3 Å². The van der Waals surface area contributed by atoms with E-state index in [9.17, 15) is 5.26 Å². The average molecular weight is 415 g/mol. The number of nitrogens with one attached hydrogen (secondary N) is 1. The van der Waals surface area contributed by atoms with Crippen LogP contribution in [-0.2, 0) is 5.41 Å². The van der Waals surface area contributed by atoms with E-state index >= 15 is 0 Å². The normalized spacial score (nSPS) is 15.6. The van der Waals surface area contributed by atoms with Crippen molar-refractivity contribution in [3.63, 3.8) is 0 Å². The maximum absolute atomic E-state index is 9.86. The lowest BCUT2D eigenvalue weighted by Gasteiger charge is -2.30. The summed E-state index contributed by atoms with van der Waals surface area (Å²) in [6.07, 6.45) is 6.47. The molecule has 4 aromatic heterocycles. The molecule has 0 saturated carbocycles. The summed E-state index contributed by atoms with van der Waals surface area (Å²) >= 11 is 1.53. The van der Waals surface area contributed by atoms with Crippen molar-refractivity contribution in [2.75, 3.05) is 13.1 Å². The van der Waals surface area contributed by atoms with E-state index in [-0.39, 0.29) is 0 Å². The first-order chi connectivity index (χ1) is 14.8. The highest BCUT2D eigenvalue weighted by Gasteiger charge is 2.35. The fraction of sp³-hybridized carbons (Fsp3) is 0.238. The summed E-state index contributed by atoms with van der Waals surface area (Å²) in [4.78, 5) is 14.4. The SMILES string of the molecule is N#CC1(c2cc(-c3cncc(-c4nnc(-c5cccs5)o4)n3)ccn2)CCNCC1. The summed E-state index contributed by atoms with van der Waals surface area (Å²) in [5.41, 5.74) is 2.20. The van der Waals surface area contributed by atoms with E-state index in [1.165, 1.54) is 11.3 Å². The van der Waals surface area contributed by atoms with Crippen LogP contribution in [0.25, 0.3) is 33.6 Å². The quantitative estimate of drug-likeness (QED) is 0.539. The Kier molecular flexibility index (Phi) is 4.78. The first-order valence-electron chi connectivity index (χ1n) is 9.56. The molecule has 0 aromatic carbocycles. The highest BCUT2D eigenvalue weighted by molar-refractivity contribution is 7.13. The highest BCUT2D eigenvalue weighted by Crippen LogP contribution is 2.33. The lowest BCUT2D eigenvalue weighted by atomic mass is 9.77. The topological polar surface area (TPSA) is 113 Å². The largest absolute Gasteiger partial charge is 0.414 e. The van der Waals surface area contributed by atoms with Crippen molar-refractivity contribution in [1.82, 2.24) is 30.5 Å². The molecule has 0 spiro atoms. The van der Waals surface area contributed by atoms with Gasteiger partial charge in [0.05, 0.1) is 34.7 Å². The molecule has 0 amide bonds. The number of nitrogens with zero attached hydrogens (tertiary/aromatic N) is 6. The van der Waals surface area contributed by atoms with Crippen molar-refractivity contribution < 1.29 is 4.42 Å². The van der Waals surface area contributed by atoms with Gasteiger partial charge in [0, 0.05) is 11.8 Å². The molecule has 0 aliphatic carbocycles. The zero-order chi connectivity index (χ0) is 20.4. The summed E-state index contributed by atoms with van der Waals surface area (Å²) in [7, 11) is 0. The number of thiophene rings is 1. The van der Waals surface area contributed by atoms with Gasteiger partial charge < -0.3 is 9.73 Å². The van der Waals surface area contributed by atoms with E-state index in [2.05, 4.69) is 36.5 Å². The molecule has 148 valence electrons. The van der Waals surface area contributed by atoms with Gasteiger partial charge >= 0.3 is 0 Å². The molecule has 1 aliphatic heterocycles. The van der Waals surface area contributed by atoms with Gasteiger partial charge in [0.25, 0.3) is 11.8 Å². The molecule has 8 nitrogen and oxygen atoms in total. The summed E-state index contributed by atoms with van der Waals surface area (Å²) in [5, 5.41) is 23.3. The first kappa shape index (κ1) is 18.5. The van der Waals surface area contributed by atoms with E-state index in [0.29, 0.717) is 23.2 Å². The minimum absolute atomic E-state index is 0.314. The van der Waals surface area contributed by atoms with Crippen LogP contribution < -0.4 is 5.32 Å². The zero-order valence-electron chi connectivity index (χ0n) is 15.9. The van der Waals surface area contributed by atoms with Gasteiger partial charge in [0.2, 0.25) is 0 Å². The van der Waals surface area contributed by atoms with E-state index in [1.54, 1.807) is 18.6 Å². The number of piperidine rings is 1. The van der Waals surface area contributed by atoms with Crippen LogP contribution in [0.4, 0.5) is 0 Å². The third kappa shape index (κ3) is 3.36. The Morgan fingerprint density at radius 1 is 1.10 bits per heavy atom. The van der Waals surface area contributed by atoms with Gasteiger partial charge in [-0.1, -0.05) is 6.07 Å². The third-order valence-corrected chi connectivity index (χ3v) is 6.09. The number of rotatable bonds is 4. The highest BCUT2D eigenvalue weighted by atomic mass is 32.1. The molecule has 4 aromatic rings. The molecule has 0 unspecified atom stereocenters. The molecule has 30 heavy (non-hydrogen) atoms. The average Bonchev–Trinajstić information content (AvgIpc) is 3.52. The first-order valence-corrected chi connectivity index (χ1v) is 10.4. The lowest BCUT2D eigenvalue weighted by molar-refractivity contribution is 0.375. The van der Waals surface area contributed by atoms with Crippen molar-refractivity contribution in [3.8, 4) is 39.7 Å². The molecule has 9 heteroatoms. The van der Waals surface area contributed by atoms with E-state index in [1.807, 2.05) is 29.6 Å². The molecule has 1 fully saturated rings. The van der Waals surface area contributed by atoms with Crippen molar-refractivity contribution in [2.45, 2.75) is 18.3 Å². The van der Waals surface area contributed by atoms with Gasteiger partial charge in [0.1, 0.15) is 11.1 Å². The van der Waals surface area contributed by atoms with Gasteiger partial charge in [-0.05, 0) is 49.5 Å². The maximum atomic E-state index is 9.86. The molecule has 5 heterocycles. The van der Waals surface area contributed by atoms with Crippen LogP contribution in [0.2, 0.25) is 0 Å². The molecule has 1 saturated heterocycles. The molecule has 5 rings (SSSR count). The molecule has 1 N–H and O–H groups in total. The van der Waals surface area contributed by atoms with Gasteiger partial charge in [-0.2, -0.15) is 5.26 Å². The van der Waals surface area contributed by atoms with Crippen LogP contribution in [0.1, 0.15) is 18.5 Å². The Labute approximate surface area is 176 Å². The van der Waals surface area contributed by atoms with Crippen LogP contribution in [0.5, 0.6) is 0 Å². The fourth-order valence-electron chi connectivity index (χ4n) is 3.57.